The maximum Gasteiger partial charge on any atom is 0.256 e. The van der Waals surface area contributed by atoms with Gasteiger partial charge < -0.3 is 20.5 Å². The zero-order valence-electron chi connectivity index (χ0n) is 19.8. The minimum absolute atomic E-state index is 0.0813. The number of rotatable bonds is 11. The molecule has 0 bridgehead atoms. The van der Waals surface area contributed by atoms with Crippen LogP contribution in [0.1, 0.15) is 60.2 Å². The van der Waals surface area contributed by atoms with E-state index in [1.165, 1.54) is 12.8 Å². The summed E-state index contributed by atoms with van der Waals surface area (Å²) in [5, 5.41) is 6.08. The summed E-state index contributed by atoms with van der Waals surface area (Å²) in [5.41, 5.74) is 6.70. The fourth-order valence-corrected chi connectivity index (χ4v) is 4.31. The predicted molar refractivity (Wildman–Crippen MR) is 132 cm³/mol. The zero-order valence-corrected chi connectivity index (χ0v) is 19.8. The summed E-state index contributed by atoms with van der Waals surface area (Å²) in [5.74, 6) is 0.103. The van der Waals surface area contributed by atoms with Crippen LogP contribution in [0.5, 0.6) is 0 Å². The Balaban J connectivity index is 1.59. The number of para-hydroxylation sites is 1. The van der Waals surface area contributed by atoms with E-state index in [1.54, 1.807) is 0 Å². The lowest BCUT2D eigenvalue weighted by atomic mass is 10.0. The van der Waals surface area contributed by atoms with E-state index in [0.717, 1.165) is 59.7 Å². The van der Waals surface area contributed by atoms with E-state index in [-0.39, 0.29) is 11.8 Å². The molecule has 6 nitrogen and oxygen atoms in total. The van der Waals surface area contributed by atoms with Crippen LogP contribution >= 0.6 is 0 Å². The van der Waals surface area contributed by atoms with Gasteiger partial charge in [-0.2, -0.15) is 0 Å². The van der Waals surface area contributed by atoms with Crippen LogP contribution in [0.25, 0.3) is 11.6 Å². The first-order chi connectivity index (χ1) is 15.4. The van der Waals surface area contributed by atoms with Crippen molar-refractivity contribution in [2.24, 2.45) is 0 Å². The van der Waals surface area contributed by atoms with Crippen LogP contribution in [0.15, 0.2) is 24.3 Å². The Morgan fingerprint density at radius 3 is 2.66 bits per heavy atom. The number of benzene rings is 1. The summed E-state index contributed by atoms with van der Waals surface area (Å²) < 4.78 is 0. The Morgan fingerprint density at radius 1 is 1.12 bits per heavy atom. The van der Waals surface area contributed by atoms with Gasteiger partial charge in [-0.25, -0.2) is 0 Å². The fraction of sp³-hybridized carbons (Fsp3) is 0.462. The standard InChI is InChI=1S/C26H36N4O2/c1-18-20(13-14-25(31)30(4)16-10-6-5-9-15-27-3)19(2)28-24(18)17-22-21-11-7-8-12-23(21)29-26(22)32/h7-8,11-12,17,27-28H,5-6,9-10,13-16H2,1-4H3,(H,29,32). The van der Waals surface area contributed by atoms with Gasteiger partial charge in [0.2, 0.25) is 5.91 Å². The van der Waals surface area contributed by atoms with Crippen molar-refractivity contribution < 1.29 is 9.59 Å². The SMILES string of the molecule is CNCCCCCCN(C)C(=O)CCc1c(C)[nH]c(C=C2C(=O)Nc3ccccc32)c1C. The molecule has 32 heavy (non-hydrogen) atoms. The van der Waals surface area contributed by atoms with Crippen LogP contribution in [0.2, 0.25) is 0 Å². The molecule has 0 fully saturated rings. The number of carbonyl (C=O) groups is 2. The number of nitrogens with zero attached hydrogens (tertiary/aromatic N) is 1. The Morgan fingerprint density at radius 2 is 1.88 bits per heavy atom. The van der Waals surface area contributed by atoms with Crippen molar-refractivity contribution in [2.75, 3.05) is 32.5 Å². The van der Waals surface area contributed by atoms with E-state index >= 15 is 0 Å². The normalized spacial score (nSPS) is 14.0. The Bertz CT molecular complexity index is 990. The monoisotopic (exact) mass is 436 g/mol. The fourth-order valence-electron chi connectivity index (χ4n) is 4.31. The Kier molecular flexibility index (Phi) is 8.28. The van der Waals surface area contributed by atoms with Gasteiger partial charge in [0, 0.05) is 42.7 Å². The molecule has 1 aromatic heterocycles. The molecule has 2 aromatic rings. The minimum Gasteiger partial charge on any atom is -0.359 e. The summed E-state index contributed by atoms with van der Waals surface area (Å²) in [7, 11) is 3.88. The quantitative estimate of drug-likeness (QED) is 0.363. The number of hydrogen-bond donors (Lipinski definition) is 3. The van der Waals surface area contributed by atoms with E-state index in [2.05, 4.69) is 22.5 Å². The summed E-state index contributed by atoms with van der Waals surface area (Å²) in [6, 6.07) is 7.73. The van der Waals surface area contributed by atoms with E-state index in [1.807, 2.05) is 56.3 Å². The average molecular weight is 437 g/mol. The Labute approximate surface area is 191 Å². The van der Waals surface area contributed by atoms with Crippen molar-refractivity contribution in [3.63, 3.8) is 0 Å². The van der Waals surface area contributed by atoms with Crippen molar-refractivity contribution in [3.8, 4) is 0 Å². The van der Waals surface area contributed by atoms with E-state index in [4.69, 9.17) is 0 Å². The summed E-state index contributed by atoms with van der Waals surface area (Å²) in [4.78, 5) is 30.3. The molecule has 0 aliphatic carbocycles. The highest BCUT2D eigenvalue weighted by Crippen LogP contribution is 2.33. The summed E-state index contributed by atoms with van der Waals surface area (Å²) >= 11 is 0. The second-order valence-corrected chi connectivity index (χ2v) is 8.66. The highest BCUT2D eigenvalue weighted by molar-refractivity contribution is 6.34. The molecule has 1 aromatic carbocycles. The molecule has 3 N–H and O–H groups in total. The first kappa shape index (κ1) is 23.8. The van der Waals surface area contributed by atoms with Gasteiger partial charge in [0.25, 0.3) is 5.91 Å². The number of aryl methyl sites for hydroxylation is 1. The van der Waals surface area contributed by atoms with Crippen LogP contribution in [-0.2, 0) is 16.0 Å². The van der Waals surface area contributed by atoms with Crippen molar-refractivity contribution in [2.45, 2.75) is 52.4 Å². The van der Waals surface area contributed by atoms with E-state index in [0.29, 0.717) is 18.4 Å². The van der Waals surface area contributed by atoms with Crippen molar-refractivity contribution in [3.05, 3.63) is 52.3 Å². The molecule has 0 saturated heterocycles. The van der Waals surface area contributed by atoms with Gasteiger partial charge in [0.1, 0.15) is 0 Å². The number of aromatic nitrogens is 1. The summed E-state index contributed by atoms with van der Waals surface area (Å²) in [6.45, 7) is 5.96. The van der Waals surface area contributed by atoms with Crippen LogP contribution in [-0.4, -0.2) is 48.9 Å². The summed E-state index contributed by atoms with van der Waals surface area (Å²) in [6.07, 6.45) is 7.71. The lowest BCUT2D eigenvalue weighted by Crippen LogP contribution is -2.28. The molecule has 0 radical (unpaired) electrons. The lowest BCUT2D eigenvalue weighted by Gasteiger charge is -2.17. The van der Waals surface area contributed by atoms with Crippen LogP contribution in [0, 0.1) is 13.8 Å². The number of nitrogens with one attached hydrogen (secondary N) is 3. The second kappa shape index (κ2) is 11.1. The predicted octanol–water partition coefficient (Wildman–Crippen LogP) is 4.30. The number of anilines is 1. The van der Waals surface area contributed by atoms with Crippen LogP contribution < -0.4 is 10.6 Å². The van der Waals surface area contributed by atoms with E-state index < -0.39 is 0 Å². The van der Waals surface area contributed by atoms with Gasteiger partial charge in [-0.05, 0) is 70.0 Å². The Hall–Kier alpha value is -2.86. The molecular formula is C26H36N4O2. The molecule has 1 aliphatic heterocycles. The minimum atomic E-state index is -0.0813. The molecule has 2 heterocycles. The number of carbonyl (C=O) groups excluding carboxylic acids is 2. The van der Waals surface area contributed by atoms with E-state index in [9.17, 15) is 9.59 Å². The maximum absolute atomic E-state index is 12.6. The van der Waals surface area contributed by atoms with Crippen LogP contribution in [0.4, 0.5) is 5.69 Å². The number of hydrogen-bond acceptors (Lipinski definition) is 3. The van der Waals surface area contributed by atoms with Crippen molar-refractivity contribution in [1.29, 1.82) is 0 Å². The average Bonchev–Trinajstić information content (AvgIpc) is 3.24. The highest BCUT2D eigenvalue weighted by Gasteiger charge is 2.24. The largest absolute Gasteiger partial charge is 0.359 e. The molecule has 2 amide bonds. The van der Waals surface area contributed by atoms with Gasteiger partial charge in [-0.3, -0.25) is 9.59 Å². The molecule has 1 aliphatic rings. The maximum atomic E-state index is 12.6. The molecule has 3 rings (SSSR count). The smallest absolute Gasteiger partial charge is 0.256 e. The second-order valence-electron chi connectivity index (χ2n) is 8.66. The topological polar surface area (TPSA) is 77.2 Å². The number of aromatic amines is 1. The third kappa shape index (κ3) is 5.68. The number of unbranched alkanes of at least 4 members (excludes halogenated alkanes) is 3. The van der Waals surface area contributed by atoms with Gasteiger partial charge in [-0.1, -0.05) is 31.0 Å². The first-order valence-corrected chi connectivity index (χ1v) is 11.6. The zero-order chi connectivity index (χ0) is 23.1. The first-order valence-electron chi connectivity index (χ1n) is 11.6. The van der Waals surface area contributed by atoms with Crippen molar-refractivity contribution in [1.82, 2.24) is 15.2 Å². The molecule has 172 valence electrons. The molecule has 6 heteroatoms. The third-order valence-electron chi connectivity index (χ3n) is 6.32. The van der Waals surface area contributed by atoms with Crippen molar-refractivity contribution >= 4 is 29.2 Å². The van der Waals surface area contributed by atoms with Gasteiger partial charge >= 0.3 is 0 Å². The van der Waals surface area contributed by atoms with Gasteiger partial charge in [-0.15, -0.1) is 0 Å². The van der Waals surface area contributed by atoms with Gasteiger partial charge in [0.05, 0.1) is 5.57 Å². The van der Waals surface area contributed by atoms with Crippen LogP contribution in [0.3, 0.4) is 0 Å². The van der Waals surface area contributed by atoms with Gasteiger partial charge in [0.15, 0.2) is 0 Å². The molecule has 0 saturated carbocycles. The number of fused-ring (bicyclic) bond motifs is 1. The number of amides is 2. The molecular weight excluding hydrogens is 400 g/mol. The highest BCUT2D eigenvalue weighted by atomic mass is 16.2. The third-order valence-corrected chi connectivity index (χ3v) is 6.32. The number of H-pyrrole nitrogens is 1. The lowest BCUT2D eigenvalue weighted by molar-refractivity contribution is -0.129. The molecule has 0 unspecified atom stereocenters. The molecule has 0 spiro atoms. The molecule has 0 atom stereocenters.